The average molecular weight is 475 g/mol. The Balaban J connectivity index is 1.70. The maximum absolute atomic E-state index is 12.1. The zero-order chi connectivity index (χ0) is 25.3. The summed E-state index contributed by atoms with van der Waals surface area (Å²) in [5.74, 6) is 7.92. The van der Waals surface area contributed by atoms with Crippen molar-refractivity contribution in [2.24, 2.45) is 5.92 Å². The number of hydrogen-bond donors (Lipinski definition) is 3. The van der Waals surface area contributed by atoms with Crippen LogP contribution >= 0.6 is 0 Å². The predicted molar refractivity (Wildman–Crippen MR) is 137 cm³/mol. The fourth-order valence-corrected chi connectivity index (χ4v) is 3.81. The number of hydrogen-bond acceptors (Lipinski definition) is 7. The van der Waals surface area contributed by atoms with Gasteiger partial charge in [0.15, 0.2) is 0 Å². The molecule has 2 atom stereocenters. The second-order valence-electron chi connectivity index (χ2n) is 9.68. The van der Waals surface area contributed by atoms with E-state index in [1.807, 2.05) is 32.9 Å². The van der Waals surface area contributed by atoms with E-state index in [0.29, 0.717) is 17.3 Å². The Bertz CT molecular complexity index is 1120. The first-order valence-electron chi connectivity index (χ1n) is 12.1. The van der Waals surface area contributed by atoms with Gasteiger partial charge in [0, 0.05) is 24.2 Å². The first-order chi connectivity index (χ1) is 16.8. The lowest BCUT2D eigenvalue weighted by Gasteiger charge is -2.28. The van der Waals surface area contributed by atoms with Gasteiger partial charge in [-0.2, -0.15) is 10.2 Å². The number of nitrogens with zero attached hydrogens (tertiary/aromatic N) is 3. The first-order valence-corrected chi connectivity index (χ1v) is 12.1. The number of ether oxygens (including phenoxy) is 1. The molecule has 0 spiro atoms. The lowest BCUT2D eigenvalue weighted by Crippen LogP contribution is -2.41. The Kier molecular flexibility index (Phi) is 8.92. The molecule has 35 heavy (non-hydrogen) atoms. The Labute approximate surface area is 207 Å². The molecule has 3 N–H and O–H groups in total. The van der Waals surface area contributed by atoms with E-state index in [1.54, 1.807) is 18.3 Å². The zero-order valence-electron chi connectivity index (χ0n) is 20.9. The van der Waals surface area contributed by atoms with Crippen molar-refractivity contribution in [2.45, 2.75) is 71.4 Å². The molecule has 1 fully saturated rings. The molecule has 1 aromatic carbocycles. The van der Waals surface area contributed by atoms with Crippen molar-refractivity contribution in [3.8, 4) is 17.9 Å². The molecule has 3 rings (SSSR count). The Morgan fingerprint density at radius 2 is 2.11 bits per heavy atom. The summed E-state index contributed by atoms with van der Waals surface area (Å²) in [6, 6.07) is 9.36. The SMILES string of the molecule is CCCNc1nc(Nc2cccc(C#N)c2)ncc1C#C[C@@H]1CCC[C@H](NC(=O)OC(C)(C)C)C1. The molecule has 0 saturated heterocycles. The topological polar surface area (TPSA) is 112 Å². The van der Waals surface area contributed by atoms with Crippen molar-refractivity contribution in [3.63, 3.8) is 0 Å². The van der Waals surface area contributed by atoms with E-state index in [0.717, 1.165) is 49.9 Å². The van der Waals surface area contributed by atoms with Gasteiger partial charge >= 0.3 is 6.09 Å². The van der Waals surface area contributed by atoms with Gasteiger partial charge in [0.2, 0.25) is 5.95 Å². The van der Waals surface area contributed by atoms with Crippen LogP contribution in [0.25, 0.3) is 0 Å². The molecule has 1 amide bonds. The summed E-state index contributed by atoms with van der Waals surface area (Å²) in [7, 11) is 0. The van der Waals surface area contributed by atoms with Crippen LogP contribution < -0.4 is 16.0 Å². The molecule has 0 unspecified atom stereocenters. The van der Waals surface area contributed by atoms with Crippen molar-refractivity contribution < 1.29 is 9.53 Å². The van der Waals surface area contributed by atoms with Gasteiger partial charge in [-0.25, -0.2) is 9.78 Å². The summed E-state index contributed by atoms with van der Waals surface area (Å²) in [6.45, 7) is 8.43. The van der Waals surface area contributed by atoms with Gasteiger partial charge in [0.1, 0.15) is 11.4 Å². The second kappa shape index (κ2) is 12.1. The summed E-state index contributed by atoms with van der Waals surface area (Å²) in [6.07, 6.45) is 6.00. The molecular formula is C27H34N6O2. The number of benzene rings is 1. The molecule has 2 aromatic rings. The summed E-state index contributed by atoms with van der Waals surface area (Å²) in [4.78, 5) is 21.2. The van der Waals surface area contributed by atoms with E-state index in [2.05, 4.69) is 50.8 Å². The van der Waals surface area contributed by atoms with E-state index in [9.17, 15) is 4.79 Å². The minimum atomic E-state index is -0.514. The molecule has 1 aliphatic carbocycles. The van der Waals surface area contributed by atoms with E-state index in [4.69, 9.17) is 10.00 Å². The number of amides is 1. The van der Waals surface area contributed by atoms with Crippen molar-refractivity contribution in [2.75, 3.05) is 17.2 Å². The highest BCUT2D eigenvalue weighted by Crippen LogP contribution is 2.25. The van der Waals surface area contributed by atoms with Crippen molar-refractivity contribution >= 4 is 23.5 Å². The highest BCUT2D eigenvalue weighted by atomic mass is 16.6. The third kappa shape index (κ3) is 8.50. The van der Waals surface area contributed by atoms with E-state index in [-0.39, 0.29) is 18.1 Å². The second-order valence-corrected chi connectivity index (χ2v) is 9.68. The Hall–Kier alpha value is -3.78. The summed E-state index contributed by atoms with van der Waals surface area (Å²) in [5.41, 5.74) is 1.53. The molecule has 1 heterocycles. The lowest BCUT2D eigenvalue weighted by molar-refractivity contribution is 0.0489. The molecule has 0 aliphatic heterocycles. The number of alkyl carbamates (subject to hydrolysis) is 1. The van der Waals surface area contributed by atoms with Crippen LogP contribution in [0.5, 0.6) is 0 Å². The van der Waals surface area contributed by atoms with Gasteiger partial charge in [0.05, 0.1) is 23.4 Å². The third-order valence-electron chi connectivity index (χ3n) is 5.39. The van der Waals surface area contributed by atoms with Crippen LogP contribution in [0.1, 0.15) is 70.9 Å². The molecule has 0 radical (unpaired) electrons. The monoisotopic (exact) mass is 474 g/mol. The summed E-state index contributed by atoms with van der Waals surface area (Å²) in [5, 5.41) is 18.6. The van der Waals surface area contributed by atoms with Crippen molar-refractivity contribution in [1.29, 1.82) is 5.26 Å². The molecular weight excluding hydrogens is 440 g/mol. The molecule has 1 aliphatic rings. The number of carbonyl (C=O) groups is 1. The van der Waals surface area contributed by atoms with Gasteiger partial charge in [-0.3, -0.25) is 0 Å². The quantitative estimate of drug-likeness (QED) is 0.484. The van der Waals surface area contributed by atoms with Gasteiger partial charge in [-0.15, -0.1) is 0 Å². The third-order valence-corrected chi connectivity index (χ3v) is 5.39. The van der Waals surface area contributed by atoms with Crippen LogP contribution in [-0.2, 0) is 4.74 Å². The van der Waals surface area contributed by atoms with E-state index < -0.39 is 5.60 Å². The number of nitriles is 1. The van der Waals surface area contributed by atoms with Gasteiger partial charge < -0.3 is 20.7 Å². The summed E-state index contributed by atoms with van der Waals surface area (Å²) >= 11 is 0. The molecule has 184 valence electrons. The van der Waals surface area contributed by atoms with E-state index >= 15 is 0 Å². The zero-order valence-corrected chi connectivity index (χ0v) is 20.9. The molecule has 8 nitrogen and oxygen atoms in total. The molecule has 8 heteroatoms. The highest BCUT2D eigenvalue weighted by Gasteiger charge is 2.24. The normalized spacial score (nSPS) is 17.3. The van der Waals surface area contributed by atoms with E-state index in [1.165, 1.54) is 0 Å². The number of rotatable bonds is 6. The van der Waals surface area contributed by atoms with Gasteiger partial charge in [-0.1, -0.05) is 31.3 Å². The Morgan fingerprint density at radius 3 is 2.86 bits per heavy atom. The fourth-order valence-electron chi connectivity index (χ4n) is 3.81. The number of nitrogens with one attached hydrogen (secondary N) is 3. The fraction of sp³-hybridized carbons (Fsp3) is 0.481. The largest absolute Gasteiger partial charge is 0.444 e. The Morgan fingerprint density at radius 1 is 1.29 bits per heavy atom. The van der Waals surface area contributed by atoms with Crippen LogP contribution in [0.2, 0.25) is 0 Å². The first kappa shape index (κ1) is 25.8. The van der Waals surface area contributed by atoms with Crippen molar-refractivity contribution in [3.05, 3.63) is 41.6 Å². The number of carbonyl (C=O) groups excluding carboxylic acids is 1. The maximum atomic E-state index is 12.1. The van der Waals surface area contributed by atoms with Crippen LogP contribution in [0.15, 0.2) is 30.5 Å². The van der Waals surface area contributed by atoms with Crippen LogP contribution in [0, 0.1) is 29.1 Å². The van der Waals surface area contributed by atoms with Gasteiger partial charge in [0.25, 0.3) is 0 Å². The molecule has 1 aromatic heterocycles. The number of aromatic nitrogens is 2. The standard InChI is InChI=1S/C27H34N6O2/c1-5-14-29-24-21(18-30-25(33-24)31-22-10-7-9-20(16-22)17-28)13-12-19-8-6-11-23(15-19)32-26(34)35-27(2,3)4/h7,9-10,16,18-19,23H,5-6,8,11,14-15H2,1-4H3,(H,32,34)(H2,29,30,31,33)/t19-,23-/m0/s1. The number of anilines is 3. The smallest absolute Gasteiger partial charge is 0.407 e. The molecule has 0 bridgehead atoms. The van der Waals surface area contributed by atoms with Crippen LogP contribution in [-0.4, -0.2) is 34.2 Å². The van der Waals surface area contributed by atoms with Crippen LogP contribution in [0.4, 0.5) is 22.2 Å². The van der Waals surface area contributed by atoms with Gasteiger partial charge in [-0.05, 0) is 64.7 Å². The minimum Gasteiger partial charge on any atom is -0.444 e. The predicted octanol–water partition coefficient (Wildman–Crippen LogP) is 5.35. The lowest BCUT2D eigenvalue weighted by atomic mass is 9.86. The van der Waals surface area contributed by atoms with Crippen LogP contribution in [0.3, 0.4) is 0 Å². The minimum absolute atomic E-state index is 0.0580. The maximum Gasteiger partial charge on any atom is 0.407 e. The molecule has 1 saturated carbocycles. The van der Waals surface area contributed by atoms with Crippen molar-refractivity contribution in [1.82, 2.24) is 15.3 Å². The summed E-state index contributed by atoms with van der Waals surface area (Å²) < 4.78 is 5.39. The average Bonchev–Trinajstić information content (AvgIpc) is 2.81. The highest BCUT2D eigenvalue weighted by molar-refractivity contribution is 5.68.